The maximum absolute atomic E-state index is 12.8. The molecule has 2 rings (SSSR count). The third kappa shape index (κ3) is 3.05. The Morgan fingerprint density at radius 1 is 1.25 bits per heavy atom. The summed E-state index contributed by atoms with van der Waals surface area (Å²) < 4.78 is 12.8. The summed E-state index contributed by atoms with van der Waals surface area (Å²) >= 11 is 0. The molecule has 1 nitrogen and oxygen atoms in total. The summed E-state index contributed by atoms with van der Waals surface area (Å²) in [4.78, 5) is 0. The lowest BCUT2D eigenvalue weighted by Crippen LogP contribution is -2.24. The van der Waals surface area contributed by atoms with Gasteiger partial charge in [0.05, 0.1) is 0 Å². The van der Waals surface area contributed by atoms with Crippen molar-refractivity contribution < 1.29 is 4.39 Å². The molecule has 1 aromatic carbocycles. The molecule has 1 saturated carbocycles. The molecule has 0 aliphatic heterocycles. The number of benzene rings is 1. The highest BCUT2D eigenvalue weighted by Gasteiger charge is 2.15. The highest BCUT2D eigenvalue weighted by atomic mass is 19.1. The van der Waals surface area contributed by atoms with Gasteiger partial charge in [0.2, 0.25) is 0 Å². The molecule has 88 valence electrons. The number of nitrogens with one attached hydrogen (secondary N) is 1. The van der Waals surface area contributed by atoms with Gasteiger partial charge in [-0.05, 0) is 49.9 Å². The second kappa shape index (κ2) is 5.44. The van der Waals surface area contributed by atoms with Crippen LogP contribution in [0.1, 0.15) is 44.2 Å². The Bertz CT molecular complexity index is 314. The fraction of sp³-hybridized carbons (Fsp3) is 0.571. The van der Waals surface area contributed by atoms with Crippen molar-refractivity contribution in [2.75, 3.05) is 6.54 Å². The normalized spacial score (nSPS) is 18.9. The Labute approximate surface area is 97.1 Å². The zero-order valence-electron chi connectivity index (χ0n) is 9.88. The Morgan fingerprint density at radius 3 is 2.50 bits per heavy atom. The average molecular weight is 221 g/mol. The van der Waals surface area contributed by atoms with Crippen molar-refractivity contribution in [2.45, 2.75) is 38.6 Å². The van der Waals surface area contributed by atoms with Crippen molar-refractivity contribution in [3.8, 4) is 0 Å². The quantitative estimate of drug-likeness (QED) is 0.818. The van der Waals surface area contributed by atoms with Gasteiger partial charge in [-0.2, -0.15) is 0 Å². The Morgan fingerprint density at radius 2 is 1.88 bits per heavy atom. The van der Waals surface area contributed by atoms with E-state index in [-0.39, 0.29) is 5.82 Å². The second-order valence-corrected chi connectivity index (χ2v) is 4.83. The molecule has 0 heterocycles. The summed E-state index contributed by atoms with van der Waals surface area (Å²) in [5.74, 6) is 0.689. The van der Waals surface area contributed by atoms with Crippen LogP contribution in [0, 0.1) is 11.7 Å². The van der Waals surface area contributed by atoms with Crippen LogP contribution in [0.4, 0.5) is 4.39 Å². The third-order valence-corrected chi connectivity index (χ3v) is 3.56. The molecule has 16 heavy (non-hydrogen) atoms. The largest absolute Gasteiger partial charge is 0.310 e. The van der Waals surface area contributed by atoms with Crippen LogP contribution in [0.2, 0.25) is 0 Å². The van der Waals surface area contributed by atoms with Gasteiger partial charge < -0.3 is 5.32 Å². The van der Waals surface area contributed by atoms with Crippen LogP contribution in [0.15, 0.2) is 24.3 Å². The van der Waals surface area contributed by atoms with Gasteiger partial charge in [-0.15, -0.1) is 0 Å². The minimum absolute atomic E-state index is 0.160. The van der Waals surface area contributed by atoms with Crippen LogP contribution in [0.5, 0.6) is 0 Å². The van der Waals surface area contributed by atoms with Crippen molar-refractivity contribution in [3.05, 3.63) is 35.6 Å². The summed E-state index contributed by atoms with van der Waals surface area (Å²) in [6.45, 7) is 3.24. The first-order valence-corrected chi connectivity index (χ1v) is 6.24. The molecule has 1 fully saturated rings. The van der Waals surface area contributed by atoms with Gasteiger partial charge in [-0.3, -0.25) is 0 Å². The van der Waals surface area contributed by atoms with Crippen molar-refractivity contribution in [1.29, 1.82) is 0 Å². The smallest absolute Gasteiger partial charge is 0.123 e. The van der Waals surface area contributed by atoms with Gasteiger partial charge in [-0.25, -0.2) is 4.39 Å². The molecule has 0 spiro atoms. The van der Waals surface area contributed by atoms with Gasteiger partial charge in [0, 0.05) is 6.04 Å². The van der Waals surface area contributed by atoms with Crippen molar-refractivity contribution in [3.63, 3.8) is 0 Å². The van der Waals surface area contributed by atoms with Crippen LogP contribution in [-0.2, 0) is 0 Å². The van der Waals surface area contributed by atoms with Crippen LogP contribution in [0.25, 0.3) is 0 Å². The number of halogens is 1. The first-order valence-electron chi connectivity index (χ1n) is 6.24. The zero-order chi connectivity index (χ0) is 11.4. The molecular formula is C14H20FN. The predicted molar refractivity (Wildman–Crippen MR) is 64.8 cm³/mol. The van der Waals surface area contributed by atoms with Gasteiger partial charge in [-0.1, -0.05) is 25.0 Å². The average Bonchev–Trinajstić information content (AvgIpc) is 2.80. The van der Waals surface area contributed by atoms with E-state index in [2.05, 4.69) is 12.2 Å². The minimum atomic E-state index is -0.160. The molecule has 0 bridgehead atoms. The SMILES string of the molecule is C[C@@H](NCC1CCCC1)c1ccc(F)cc1. The standard InChI is InChI=1S/C14H20FN/c1-11(13-6-8-14(15)9-7-13)16-10-12-4-2-3-5-12/h6-9,11-12,16H,2-5,10H2,1H3/t11-/m1/s1. The van der Waals surface area contributed by atoms with Crippen LogP contribution < -0.4 is 5.32 Å². The van der Waals surface area contributed by atoms with Crippen molar-refractivity contribution in [2.24, 2.45) is 5.92 Å². The van der Waals surface area contributed by atoms with E-state index in [0.717, 1.165) is 12.5 Å². The molecule has 1 N–H and O–H groups in total. The maximum Gasteiger partial charge on any atom is 0.123 e. The molecule has 0 saturated heterocycles. The first-order chi connectivity index (χ1) is 7.75. The third-order valence-electron chi connectivity index (χ3n) is 3.56. The van der Waals surface area contributed by atoms with Crippen LogP contribution >= 0.6 is 0 Å². The lowest BCUT2D eigenvalue weighted by molar-refractivity contribution is 0.452. The Kier molecular flexibility index (Phi) is 3.94. The van der Waals surface area contributed by atoms with Gasteiger partial charge in [0.25, 0.3) is 0 Å². The van der Waals surface area contributed by atoms with E-state index in [1.807, 2.05) is 12.1 Å². The summed E-state index contributed by atoms with van der Waals surface area (Å²) in [6.07, 6.45) is 5.50. The molecule has 0 aromatic heterocycles. The molecule has 2 heteroatoms. The molecule has 1 atom stereocenters. The highest BCUT2D eigenvalue weighted by molar-refractivity contribution is 5.19. The lowest BCUT2D eigenvalue weighted by Gasteiger charge is -2.17. The maximum atomic E-state index is 12.8. The number of rotatable bonds is 4. The Hall–Kier alpha value is -0.890. The van der Waals surface area contributed by atoms with Crippen molar-refractivity contribution >= 4 is 0 Å². The van der Waals surface area contributed by atoms with E-state index in [1.165, 1.54) is 43.4 Å². The highest BCUT2D eigenvalue weighted by Crippen LogP contribution is 2.24. The van der Waals surface area contributed by atoms with Gasteiger partial charge in [0.1, 0.15) is 5.82 Å². The van der Waals surface area contributed by atoms with Gasteiger partial charge in [0.15, 0.2) is 0 Å². The van der Waals surface area contributed by atoms with E-state index in [0.29, 0.717) is 6.04 Å². The fourth-order valence-electron chi connectivity index (χ4n) is 2.43. The summed E-state index contributed by atoms with van der Waals surface area (Å²) in [5, 5.41) is 3.54. The summed E-state index contributed by atoms with van der Waals surface area (Å²) in [5.41, 5.74) is 1.17. The number of hydrogen-bond acceptors (Lipinski definition) is 1. The Balaban J connectivity index is 1.82. The van der Waals surface area contributed by atoms with Crippen LogP contribution in [0.3, 0.4) is 0 Å². The van der Waals surface area contributed by atoms with E-state index in [1.54, 1.807) is 0 Å². The van der Waals surface area contributed by atoms with E-state index in [9.17, 15) is 4.39 Å². The van der Waals surface area contributed by atoms with E-state index < -0.39 is 0 Å². The lowest BCUT2D eigenvalue weighted by atomic mass is 10.1. The molecule has 0 amide bonds. The predicted octanol–water partition coefficient (Wildman–Crippen LogP) is 3.67. The number of hydrogen-bond donors (Lipinski definition) is 1. The van der Waals surface area contributed by atoms with Gasteiger partial charge >= 0.3 is 0 Å². The van der Waals surface area contributed by atoms with Crippen molar-refractivity contribution in [1.82, 2.24) is 5.32 Å². The topological polar surface area (TPSA) is 12.0 Å². The molecule has 1 aromatic rings. The monoisotopic (exact) mass is 221 g/mol. The zero-order valence-corrected chi connectivity index (χ0v) is 9.88. The minimum Gasteiger partial charge on any atom is -0.310 e. The second-order valence-electron chi connectivity index (χ2n) is 4.83. The molecule has 0 radical (unpaired) electrons. The molecular weight excluding hydrogens is 201 g/mol. The first kappa shape index (κ1) is 11.6. The van der Waals surface area contributed by atoms with E-state index >= 15 is 0 Å². The molecule has 1 aliphatic rings. The fourth-order valence-corrected chi connectivity index (χ4v) is 2.43. The molecule has 0 unspecified atom stereocenters. The molecule has 1 aliphatic carbocycles. The summed E-state index contributed by atoms with van der Waals surface area (Å²) in [6, 6.07) is 7.11. The van der Waals surface area contributed by atoms with E-state index in [4.69, 9.17) is 0 Å². The summed E-state index contributed by atoms with van der Waals surface area (Å²) in [7, 11) is 0. The van der Waals surface area contributed by atoms with Crippen LogP contribution in [-0.4, -0.2) is 6.54 Å².